The van der Waals surface area contributed by atoms with Gasteiger partial charge in [0.25, 0.3) is 0 Å². The summed E-state index contributed by atoms with van der Waals surface area (Å²) >= 11 is 0. The minimum absolute atomic E-state index is 0. The molecule has 3 heteroatoms. The Hall–Kier alpha value is 0.140. The monoisotopic (exact) mass is 517 g/mol. The van der Waals surface area contributed by atoms with Crippen LogP contribution in [0, 0.1) is 0 Å². The normalized spacial score (nSPS) is 12.4. The minimum Gasteiger partial charge on any atom is -1.00 e. The molecule has 0 spiro atoms. The molecule has 0 bridgehead atoms. The van der Waals surface area contributed by atoms with E-state index in [9.17, 15) is 0 Å². The van der Waals surface area contributed by atoms with Gasteiger partial charge in [-0.1, -0.05) is 36.4 Å². The van der Waals surface area contributed by atoms with Crippen LogP contribution in [0.4, 0.5) is 0 Å². The van der Waals surface area contributed by atoms with E-state index in [4.69, 9.17) is 0 Å². The van der Waals surface area contributed by atoms with Gasteiger partial charge >= 0.3 is 0 Å². The van der Waals surface area contributed by atoms with Gasteiger partial charge in [-0.05, 0) is 6.42 Å². The van der Waals surface area contributed by atoms with Gasteiger partial charge in [-0.3, -0.25) is 0 Å². The van der Waals surface area contributed by atoms with Gasteiger partial charge in [-0.15, -0.1) is 40.1 Å². The smallest absolute Gasteiger partial charge is 0 e. The predicted octanol–water partition coefficient (Wildman–Crippen LogP) is -2.09. The minimum atomic E-state index is 0. The molecule has 0 heterocycles. The molecule has 1 aliphatic carbocycles. The van der Waals surface area contributed by atoms with Crippen LogP contribution in [0.15, 0.2) is 54.6 Å². The maximum absolute atomic E-state index is 2.27. The van der Waals surface area contributed by atoms with Gasteiger partial charge in [-0.2, -0.15) is 0 Å². The molecular formula is C14H11Br2Hf-3. The summed E-state index contributed by atoms with van der Waals surface area (Å²) in [4.78, 5) is 0. The molecule has 0 unspecified atom stereocenters. The third-order valence-corrected chi connectivity index (χ3v) is 2.76. The molecule has 0 nitrogen and oxygen atoms in total. The van der Waals surface area contributed by atoms with Crippen molar-refractivity contribution >= 4 is 16.3 Å². The summed E-state index contributed by atoms with van der Waals surface area (Å²) in [6.07, 6.45) is 7.62. The second-order valence-electron chi connectivity index (χ2n) is 3.70. The average Bonchev–Trinajstić information content (AvgIpc) is 2.86. The predicted molar refractivity (Wildman–Crippen MR) is 61.3 cm³/mol. The summed E-state index contributed by atoms with van der Waals surface area (Å²) in [5, 5.41) is 2.69. The third kappa shape index (κ3) is 3.55. The first-order chi connectivity index (χ1) is 6.93. The van der Waals surface area contributed by atoms with Gasteiger partial charge in [0.15, 0.2) is 0 Å². The van der Waals surface area contributed by atoms with Crippen LogP contribution in [0.1, 0.15) is 12.0 Å². The van der Waals surface area contributed by atoms with Crippen molar-refractivity contribution in [2.75, 3.05) is 0 Å². The number of allylic oxidation sites excluding steroid dienone is 4. The molecule has 2 aromatic carbocycles. The molecule has 3 rings (SSSR count). The fourth-order valence-electron chi connectivity index (χ4n) is 2.00. The second kappa shape index (κ2) is 7.55. The molecule has 0 N–H and O–H groups in total. The quantitative estimate of drug-likeness (QED) is 0.301. The Balaban J connectivity index is 0.000000853. The van der Waals surface area contributed by atoms with E-state index in [1.807, 2.05) is 0 Å². The van der Waals surface area contributed by atoms with Gasteiger partial charge in [0.2, 0.25) is 0 Å². The van der Waals surface area contributed by atoms with Crippen molar-refractivity contribution < 1.29 is 59.8 Å². The molecule has 0 radical (unpaired) electrons. The van der Waals surface area contributed by atoms with Crippen molar-refractivity contribution in [3.63, 3.8) is 0 Å². The molecule has 0 aromatic heterocycles. The number of rotatable bonds is 1. The van der Waals surface area contributed by atoms with Crippen LogP contribution in [0.5, 0.6) is 0 Å². The molecule has 88 valence electrons. The first-order valence-corrected chi connectivity index (χ1v) is 4.95. The van der Waals surface area contributed by atoms with E-state index in [0.717, 1.165) is 6.42 Å². The Kier molecular flexibility index (Phi) is 7.61. The summed E-state index contributed by atoms with van der Waals surface area (Å²) < 4.78 is 0. The Bertz CT molecular complexity index is 505. The van der Waals surface area contributed by atoms with Crippen LogP contribution in [0.2, 0.25) is 0 Å². The van der Waals surface area contributed by atoms with Crippen molar-refractivity contribution in [1.29, 1.82) is 0 Å². The number of hydrogen-bond donors (Lipinski definition) is 0. The largest absolute Gasteiger partial charge is 1.00 e. The second-order valence-corrected chi connectivity index (χ2v) is 3.70. The zero-order chi connectivity index (χ0) is 9.38. The Morgan fingerprint density at radius 2 is 1.82 bits per heavy atom. The number of hydrogen-bond acceptors (Lipinski definition) is 0. The number of fused-ring (bicyclic) bond motifs is 1. The average molecular weight is 518 g/mol. The van der Waals surface area contributed by atoms with Gasteiger partial charge in [-0.25, -0.2) is 0 Å². The van der Waals surface area contributed by atoms with Crippen LogP contribution in [0.3, 0.4) is 0 Å². The third-order valence-electron chi connectivity index (χ3n) is 2.76. The fraction of sp³-hybridized carbons (Fsp3) is 0.0714. The van der Waals surface area contributed by atoms with Crippen molar-refractivity contribution in [3.8, 4) is 0 Å². The summed E-state index contributed by atoms with van der Waals surface area (Å²) in [5.41, 5.74) is 2.80. The topological polar surface area (TPSA) is 0 Å². The number of halogens is 2. The Morgan fingerprint density at radius 1 is 1.06 bits per heavy atom. The van der Waals surface area contributed by atoms with E-state index in [1.165, 1.54) is 21.9 Å². The molecule has 0 amide bonds. The van der Waals surface area contributed by atoms with Gasteiger partial charge in [0.05, 0.1) is 0 Å². The molecule has 0 saturated carbocycles. The van der Waals surface area contributed by atoms with Crippen LogP contribution in [-0.2, 0) is 25.8 Å². The molecule has 1 aliphatic rings. The first kappa shape index (κ1) is 17.1. The Morgan fingerprint density at radius 3 is 2.47 bits per heavy atom. The summed E-state index contributed by atoms with van der Waals surface area (Å²) in [6, 6.07) is 13.1. The van der Waals surface area contributed by atoms with Crippen LogP contribution < -0.4 is 34.0 Å². The standard InChI is InChI=1S/C14H11.2BrH.Hf/c1-2-6-11(5-1)14-9-12-7-3-4-8-13(12)10-14;;;/h1-5,7-10H,6H2;2*1H;/q-1;;;/p-2. The summed E-state index contributed by atoms with van der Waals surface area (Å²) in [5.74, 6) is 0. The van der Waals surface area contributed by atoms with Crippen LogP contribution in [-0.4, -0.2) is 0 Å². The van der Waals surface area contributed by atoms with Crippen LogP contribution >= 0.6 is 0 Å². The van der Waals surface area contributed by atoms with E-state index >= 15 is 0 Å². The SMILES string of the molecule is C1=CCC(c2cc3ccccc3[cH-]2)=C1.[Br-].[Br-].[Hf]. The van der Waals surface area contributed by atoms with Crippen LogP contribution in [0.25, 0.3) is 16.3 Å². The maximum atomic E-state index is 2.27. The summed E-state index contributed by atoms with van der Waals surface area (Å²) in [7, 11) is 0. The number of benzene rings is 1. The first-order valence-electron chi connectivity index (χ1n) is 4.95. The molecule has 0 atom stereocenters. The maximum Gasteiger partial charge on any atom is 0 e. The molecule has 17 heavy (non-hydrogen) atoms. The molecule has 0 aliphatic heterocycles. The van der Waals surface area contributed by atoms with E-state index in [0.29, 0.717) is 0 Å². The van der Waals surface area contributed by atoms with Crippen molar-refractivity contribution in [2.24, 2.45) is 0 Å². The van der Waals surface area contributed by atoms with E-state index in [1.54, 1.807) is 0 Å². The van der Waals surface area contributed by atoms with Crippen molar-refractivity contribution in [2.45, 2.75) is 6.42 Å². The zero-order valence-corrected chi connectivity index (χ0v) is 15.9. The van der Waals surface area contributed by atoms with Gasteiger partial charge < -0.3 is 34.0 Å². The van der Waals surface area contributed by atoms with E-state index < -0.39 is 0 Å². The zero-order valence-electron chi connectivity index (χ0n) is 9.16. The molecular weight excluding hydrogens is 506 g/mol. The van der Waals surface area contributed by atoms with Crippen molar-refractivity contribution in [1.82, 2.24) is 0 Å². The van der Waals surface area contributed by atoms with Crippen molar-refractivity contribution in [3.05, 3.63) is 60.2 Å². The van der Waals surface area contributed by atoms with Gasteiger partial charge in [0.1, 0.15) is 0 Å². The Labute approximate surface area is 141 Å². The molecule has 2 aromatic rings. The molecule has 0 saturated heterocycles. The van der Waals surface area contributed by atoms with Gasteiger partial charge in [0, 0.05) is 25.8 Å². The van der Waals surface area contributed by atoms with E-state index in [-0.39, 0.29) is 59.8 Å². The summed E-state index contributed by atoms with van der Waals surface area (Å²) in [6.45, 7) is 0. The van der Waals surface area contributed by atoms with E-state index in [2.05, 4.69) is 54.6 Å². The molecule has 0 fully saturated rings. The fourth-order valence-corrected chi connectivity index (χ4v) is 2.00.